The number of non-ortho nitro benzene ring substituents is 1. The molecule has 13 heteroatoms. The molecule has 2 aromatic carbocycles. The molecule has 0 fully saturated rings. The van der Waals surface area contributed by atoms with E-state index in [9.17, 15) is 29.3 Å². The maximum Gasteiger partial charge on any atom is 0.514 e. The number of rotatable bonds is 12. The maximum absolute atomic E-state index is 12.6. The molecule has 39 heavy (non-hydrogen) atoms. The SMILES string of the molecule is C=CCOC(=O)N[C@H](C(=O)N[C@@H](C)C(=O)Nc1ccc(COC(=O)Oc2ccc([N+](=O)[O-])cc2)cc1)C(C)C. The molecule has 0 radical (unpaired) electrons. The number of carbonyl (C=O) groups excluding carboxylic acids is 4. The summed E-state index contributed by atoms with van der Waals surface area (Å²) in [6.45, 7) is 8.30. The number of nitro groups is 1. The molecule has 0 saturated carbocycles. The van der Waals surface area contributed by atoms with E-state index in [1.54, 1.807) is 38.1 Å². The fourth-order valence-corrected chi connectivity index (χ4v) is 3.05. The highest BCUT2D eigenvalue weighted by atomic mass is 16.7. The highest BCUT2D eigenvalue weighted by Gasteiger charge is 2.27. The van der Waals surface area contributed by atoms with Crippen LogP contribution < -0.4 is 20.7 Å². The van der Waals surface area contributed by atoms with Crippen LogP contribution in [0.15, 0.2) is 61.2 Å². The van der Waals surface area contributed by atoms with Crippen molar-refractivity contribution in [3.05, 3.63) is 76.9 Å². The largest absolute Gasteiger partial charge is 0.514 e. The number of nitrogens with one attached hydrogen (secondary N) is 3. The Morgan fingerprint density at radius 1 is 0.949 bits per heavy atom. The third-order valence-electron chi connectivity index (χ3n) is 5.13. The molecule has 0 aromatic heterocycles. The van der Waals surface area contributed by atoms with Crippen molar-refractivity contribution in [2.24, 2.45) is 5.92 Å². The zero-order chi connectivity index (χ0) is 28.9. The van der Waals surface area contributed by atoms with Crippen molar-refractivity contribution in [2.45, 2.75) is 39.5 Å². The van der Waals surface area contributed by atoms with Gasteiger partial charge < -0.3 is 30.2 Å². The fourth-order valence-electron chi connectivity index (χ4n) is 3.05. The van der Waals surface area contributed by atoms with E-state index in [0.717, 1.165) is 0 Å². The molecule has 0 aliphatic carbocycles. The minimum Gasteiger partial charge on any atom is -0.445 e. The van der Waals surface area contributed by atoms with Crippen LogP contribution in [0.25, 0.3) is 0 Å². The van der Waals surface area contributed by atoms with E-state index in [0.29, 0.717) is 11.3 Å². The average molecular weight is 543 g/mol. The molecular formula is C26H30N4O9. The van der Waals surface area contributed by atoms with Crippen molar-refractivity contribution in [3.8, 4) is 5.75 Å². The molecule has 0 saturated heterocycles. The van der Waals surface area contributed by atoms with Crippen molar-refractivity contribution in [3.63, 3.8) is 0 Å². The Hall–Kier alpha value is -4.94. The Balaban J connectivity index is 1.83. The molecule has 0 bridgehead atoms. The van der Waals surface area contributed by atoms with Crippen LogP contribution in [0.3, 0.4) is 0 Å². The van der Waals surface area contributed by atoms with Crippen LogP contribution in [0.5, 0.6) is 5.75 Å². The number of benzene rings is 2. The number of hydrogen-bond donors (Lipinski definition) is 3. The molecule has 13 nitrogen and oxygen atoms in total. The third kappa shape index (κ3) is 10.1. The van der Waals surface area contributed by atoms with Crippen LogP contribution in [-0.2, 0) is 25.7 Å². The van der Waals surface area contributed by atoms with Crippen molar-refractivity contribution in [1.29, 1.82) is 0 Å². The van der Waals surface area contributed by atoms with Gasteiger partial charge in [0.1, 0.15) is 31.0 Å². The lowest BCUT2D eigenvalue weighted by atomic mass is 10.0. The molecule has 2 aromatic rings. The van der Waals surface area contributed by atoms with Gasteiger partial charge in [-0.3, -0.25) is 19.7 Å². The van der Waals surface area contributed by atoms with Crippen LogP contribution >= 0.6 is 0 Å². The minimum absolute atomic E-state index is 0.00570. The highest BCUT2D eigenvalue weighted by molar-refractivity contribution is 5.98. The number of nitrogens with zero attached hydrogens (tertiary/aromatic N) is 1. The Bertz CT molecular complexity index is 1180. The van der Waals surface area contributed by atoms with Crippen LogP contribution in [0.2, 0.25) is 0 Å². The first kappa shape index (κ1) is 30.3. The number of nitro benzene ring substituents is 1. The summed E-state index contributed by atoms with van der Waals surface area (Å²) in [5.41, 5.74) is 0.895. The lowest BCUT2D eigenvalue weighted by molar-refractivity contribution is -0.384. The molecule has 2 atom stereocenters. The molecule has 0 spiro atoms. The summed E-state index contributed by atoms with van der Waals surface area (Å²) in [5.74, 6) is -1.21. The van der Waals surface area contributed by atoms with Gasteiger partial charge in [0.25, 0.3) is 5.69 Å². The highest BCUT2D eigenvalue weighted by Crippen LogP contribution is 2.18. The lowest BCUT2D eigenvalue weighted by Gasteiger charge is -2.23. The summed E-state index contributed by atoms with van der Waals surface area (Å²) >= 11 is 0. The van der Waals surface area contributed by atoms with E-state index in [-0.39, 0.29) is 30.6 Å². The topological polar surface area (TPSA) is 175 Å². The summed E-state index contributed by atoms with van der Waals surface area (Å²) in [5, 5.41) is 18.4. The van der Waals surface area contributed by atoms with Crippen LogP contribution in [0, 0.1) is 16.0 Å². The number of ether oxygens (including phenoxy) is 3. The first-order valence-corrected chi connectivity index (χ1v) is 11.8. The second-order valence-electron chi connectivity index (χ2n) is 8.56. The second-order valence-corrected chi connectivity index (χ2v) is 8.56. The van der Waals surface area contributed by atoms with Gasteiger partial charge in [0.2, 0.25) is 11.8 Å². The summed E-state index contributed by atoms with van der Waals surface area (Å²) < 4.78 is 14.8. The van der Waals surface area contributed by atoms with Crippen molar-refractivity contribution in [2.75, 3.05) is 11.9 Å². The molecule has 0 aliphatic rings. The van der Waals surface area contributed by atoms with Crippen molar-refractivity contribution in [1.82, 2.24) is 10.6 Å². The second kappa shape index (κ2) is 14.7. The number of alkyl carbamates (subject to hydrolysis) is 1. The van der Waals surface area contributed by atoms with E-state index in [2.05, 4.69) is 22.5 Å². The van der Waals surface area contributed by atoms with Gasteiger partial charge in [-0.25, -0.2) is 9.59 Å². The van der Waals surface area contributed by atoms with Gasteiger partial charge in [-0.1, -0.05) is 38.6 Å². The molecular weight excluding hydrogens is 512 g/mol. The average Bonchev–Trinajstić information content (AvgIpc) is 2.90. The van der Waals surface area contributed by atoms with Gasteiger partial charge in [-0.2, -0.15) is 0 Å². The van der Waals surface area contributed by atoms with E-state index in [4.69, 9.17) is 14.2 Å². The zero-order valence-corrected chi connectivity index (χ0v) is 21.7. The first-order chi connectivity index (χ1) is 18.5. The Morgan fingerprint density at radius 3 is 2.15 bits per heavy atom. The zero-order valence-electron chi connectivity index (χ0n) is 21.7. The fraction of sp³-hybridized carbons (Fsp3) is 0.308. The molecule has 3 amide bonds. The van der Waals surface area contributed by atoms with Gasteiger partial charge in [0, 0.05) is 17.8 Å². The van der Waals surface area contributed by atoms with E-state index in [1.807, 2.05) is 0 Å². The van der Waals surface area contributed by atoms with Gasteiger partial charge in [0.05, 0.1) is 4.92 Å². The quantitative estimate of drug-likeness (QED) is 0.119. The van der Waals surface area contributed by atoms with E-state index < -0.39 is 41.1 Å². The van der Waals surface area contributed by atoms with Gasteiger partial charge in [-0.05, 0) is 42.7 Å². The van der Waals surface area contributed by atoms with Crippen molar-refractivity contribution >= 4 is 35.4 Å². The number of hydrogen-bond acceptors (Lipinski definition) is 9. The molecule has 2 rings (SSSR count). The molecule has 0 heterocycles. The Morgan fingerprint density at radius 2 is 1.59 bits per heavy atom. The van der Waals surface area contributed by atoms with E-state index in [1.165, 1.54) is 37.3 Å². The third-order valence-corrected chi connectivity index (χ3v) is 5.13. The predicted octanol–water partition coefficient (Wildman–Crippen LogP) is 3.69. The van der Waals surface area contributed by atoms with Crippen LogP contribution in [-0.4, -0.2) is 47.7 Å². The summed E-state index contributed by atoms with van der Waals surface area (Å²) in [6.07, 6.45) is -0.368. The lowest BCUT2D eigenvalue weighted by Crippen LogP contribution is -2.53. The van der Waals surface area contributed by atoms with Crippen molar-refractivity contribution < 1.29 is 38.3 Å². The molecule has 0 aliphatic heterocycles. The normalized spacial score (nSPS) is 11.9. The van der Waals surface area contributed by atoms with Gasteiger partial charge in [0.15, 0.2) is 0 Å². The number of amides is 3. The van der Waals surface area contributed by atoms with Gasteiger partial charge in [-0.15, -0.1) is 0 Å². The Kier molecular flexibility index (Phi) is 11.4. The maximum atomic E-state index is 12.6. The summed E-state index contributed by atoms with van der Waals surface area (Å²) in [4.78, 5) is 59.0. The van der Waals surface area contributed by atoms with E-state index >= 15 is 0 Å². The molecule has 3 N–H and O–H groups in total. The monoisotopic (exact) mass is 542 g/mol. The standard InChI is InChI=1S/C26H30N4O9/c1-5-14-37-25(33)29-22(16(2)3)24(32)27-17(4)23(31)28-19-8-6-18(7-9-19)15-38-26(34)39-21-12-10-20(11-13-21)30(35)36/h5-13,16-17,22H,1,14-15H2,2-4H3,(H,27,32)(H,28,31)(H,29,33)/t17-,22-/m0/s1. The minimum atomic E-state index is -0.992. The predicted molar refractivity (Wildman–Crippen MR) is 140 cm³/mol. The molecule has 208 valence electrons. The smallest absolute Gasteiger partial charge is 0.445 e. The van der Waals surface area contributed by atoms with Gasteiger partial charge >= 0.3 is 12.2 Å². The summed E-state index contributed by atoms with van der Waals surface area (Å²) in [7, 11) is 0. The van der Waals surface area contributed by atoms with Crippen LogP contribution in [0.1, 0.15) is 26.3 Å². The summed E-state index contributed by atoms with van der Waals surface area (Å²) in [6, 6.07) is 9.52. The number of carbonyl (C=O) groups is 4. The molecule has 0 unspecified atom stereocenters. The first-order valence-electron chi connectivity index (χ1n) is 11.8. The number of anilines is 1. The van der Waals surface area contributed by atoms with Crippen LogP contribution in [0.4, 0.5) is 21.0 Å². The Labute approximate surface area is 224 Å².